The summed E-state index contributed by atoms with van der Waals surface area (Å²) in [5.74, 6) is -16.4. The molecule has 23 N–H and O–H groups in total. The number of carbonyl (C=O) groups is 14. The summed E-state index contributed by atoms with van der Waals surface area (Å²) in [6, 6.07) is -0.163. The van der Waals surface area contributed by atoms with E-state index < -0.39 is 206 Å². The first-order chi connectivity index (χ1) is 46.6. The predicted octanol–water partition coefficient (Wildman–Crippen LogP) is -3.32. The second-order valence-electron chi connectivity index (χ2n) is 25.5. The van der Waals surface area contributed by atoms with Crippen LogP contribution in [-0.4, -0.2) is 194 Å². The Morgan fingerprint density at radius 1 is 0.475 bits per heavy atom. The minimum Gasteiger partial charge on any atom is -0.480 e. The Labute approximate surface area is 574 Å². The van der Waals surface area contributed by atoms with Gasteiger partial charge in [-0.25, -0.2) is 4.79 Å². The van der Waals surface area contributed by atoms with Gasteiger partial charge in [0.1, 0.15) is 54.4 Å². The molecule has 99 heavy (non-hydrogen) atoms. The van der Waals surface area contributed by atoms with Gasteiger partial charge in [0.15, 0.2) is 0 Å². The quantitative estimate of drug-likeness (QED) is 0.0246. The lowest BCUT2D eigenvalue weighted by atomic mass is 9.98. The van der Waals surface area contributed by atoms with Crippen molar-refractivity contribution < 1.29 is 87.5 Å². The van der Waals surface area contributed by atoms with E-state index in [1.807, 2.05) is 0 Å². The van der Waals surface area contributed by atoms with Crippen LogP contribution in [0, 0.1) is 17.8 Å². The van der Waals surface area contributed by atoms with Crippen molar-refractivity contribution in [2.75, 3.05) is 13.1 Å². The number of unbranched alkanes of at least 4 members (excludes halogenated alkanes) is 2. The van der Waals surface area contributed by atoms with Crippen LogP contribution in [0.2, 0.25) is 0 Å². The highest BCUT2D eigenvalue weighted by Gasteiger charge is 2.38. The summed E-state index contributed by atoms with van der Waals surface area (Å²) in [6.07, 6.45) is -2.93. The van der Waals surface area contributed by atoms with Crippen molar-refractivity contribution >= 4 is 93.7 Å². The van der Waals surface area contributed by atoms with Gasteiger partial charge in [0.25, 0.3) is 0 Å². The number of carboxylic acids is 1. The molecule has 33 heteroatoms. The molecule has 3 rings (SSSR count). The molecule has 0 bridgehead atoms. The number of H-pyrrole nitrogens is 1. The number of aromatic nitrogens is 1. The lowest BCUT2D eigenvalue weighted by Gasteiger charge is -2.29. The summed E-state index contributed by atoms with van der Waals surface area (Å²) < 4.78 is 0. The molecule has 33 nitrogen and oxygen atoms in total. The van der Waals surface area contributed by atoms with Crippen molar-refractivity contribution in [1.29, 1.82) is 0 Å². The highest BCUT2D eigenvalue weighted by atomic mass is 16.4. The number of para-hydroxylation sites is 1. The van der Waals surface area contributed by atoms with Gasteiger partial charge in [-0.3, -0.25) is 62.3 Å². The van der Waals surface area contributed by atoms with E-state index >= 15 is 0 Å². The maximum absolute atomic E-state index is 14.4. The molecular weight excluding hydrogens is 1290 g/mol. The number of aromatic amines is 1. The zero-order valence-electron chi connectivity index (χ0n) is 57.1. The van der Waals surface area contributed by atoms with Crippen molar-refractivity contribution in [3.05, 3.63) is 71.9 Å². The summed E-state index contributed by atoms with van der Waals surface area (Å²) in [4.78, 5) is 192. The lowest BCUT2D eigenvalue weighted by molar-refractivity contribution is -0.143. The van der Waals surface area contributed by atoms with Gasteiger partial charge in [0.05, 0.1) is 50.5 Å². The molecule has 0 aliphatic carbocycles. The largest absolute Gasteiger partial charge is 0.480 e. The highest BCUT2D eigenvalue weighted by Crippen LogP contribution is 2.21. The molecule has 2 aromatic carbocycles. The predicted molar refractivity (Wildman–Crippen MR) is 360 cm³/mol. The van der Waals surface area contributed by atoms with Crippen LogP contribution in [-0.2, 0) is 80.0 Å². The van der Waals surface area contributed by atoms with Crippen LogP contribution in [0.15, 0.2) is 60.8 Å². The van der Waals surface area contributed by atoms with Crippen LogP contribution in [0.4, 0.5) is 0 Å². The van der Waals surface area contributed by atoms with Gasteiger partial charge in [-0.1, -0.05) is 122 Å². The van der Waals surface area contributed by atoms with Gasteiger partial charge in [0, 0.05) is 36.4 Å². The molecule has 0 spiro atoms. The molecule has 1 heterocycles. The second kappa shape index (κ2) is 42.3. The third-order valence-electron chi connectivity index (χ3n) is 16.2. The zero-order valence-corrected chi connectivity index (χ0v) is 57.1. The number of carboxylic acid groups (broad SMARTS) is 1. The number of amides is 13. The monoisotopic (exact) mass is 1390 g/mol. The average Bonchev–Trinajstić information content (AvgIpc) is 1.79. The molecular formula is C66H101N15O18. The Kier molecular flexibility index (Phi) is 35.7. The SMILES string of the molecule is CC[C@H](C)[C@@H](NC(=O)[C@@H](Cc1c[nH]c2ccccc12)NC(=O)CNC(=O)[C@H](NC(=O)[C@H](C[C@H](O)CCN)NC(=O)[C@@H](CC(N)=O)NC(=O)[C@H](CC(N)=O)NC(=O)[C@@H](Cc1ccccc1)NC(=O)[C@H](NC(=O)[C@@H](CC(N)=O)NC(=O)CC(O)CCCCCC(C)C)C(C)C)[C@@H](C)O)C(=O)O. The van der Waals surface area contributed by atoms with E-state index in [1.165, 1.54) is 13.8 Å². The standard InChI is InChI=1S/C66H101N15O18/c1-8-36(6)56(66(98)99)80-61(93)45(26-39-32-71-43-22-16-15-21-42(39)43)74-54(89)33-72-64(96)57(37(7)82)81-62(94)46(27-41(84)23-24-67)75-59(91)48(30-51(69)86)77-60(92)49(31-52(70)87)76-58(90)44(25-38-18-12-10-13-19-38)78-65(97)55(35(4)5)79-63(95)47(29-50(68)85)73-53(88)28-40(83)20-14-9-11-17-34(2)3/h10,12-13,15-16,18-19,21-22,32,34-37,40-41,44-49,55-57,71,82-84H,8-9,11,14,17,20,23-31,33,67H2,1-7H3,(H2,68,85)(H2,69,86)(H2,70,87)(H,72,96)(H,73,88)(H,74,89)(H,75,91)(H,76,90)(H,77,92)(H,78,97)(H,79,95)(H,80,93)(H,81,94)(H,98,99)/t36-,37+,40?,41+,44+,45+,46-,47+,48+,49-,55+,56+,57+/m0/s1. The van der Waals surface area contributed by atoms with Gasteiger partial charge in [-0.2, -0.15) is 0 Å². The minimum absolute atomic E-state index is 0.142. The van der Waals surface area contributed by atoms with Crippen molar-refractivity contribution in [2.45, 2.75) is 211 Å². The minimum atomic E-state index is -2.04. The Balaban J connectivity index is 1.87. The fourth-order valence-corrected chi connectivity index (χ4v) is 10.5. The van der Waals surface area contributed by atoms with Crippen LogP contribution in [0.3, 0.4) is 0 Å². The van der Waals surface area contributed by atoms with Crippen molar-refractivity contribution in [3.8, 4) is 0 Å². The normalized spacial score (nSPS) is 15.2. The van der Waals surface area contributed by atoms with E-state index in [4.69, 9.17) is 22.9 Å². The highest BCUT2D eigenvalue weighted by molar-refractivity contribution is 6.01. The summed E-state index contributed by atoms with van der Waals surface area (Å²) in [5, 5.41) is 66.6. The van der Waals surface area contributed by atoms with Gasteiger partial charge < -0.3 is 102 Å². The Bertz CT molecular complexity index is 3240. The summed E-state index contributed by atoms with van der Waals surface area (Å²) in [7, 11) is 0. The first kappa shape index (κ1) is 83.6. The molecule has 0 saturated heterocycles. The van der Waals surface area contributed by atoms with Gasteiger partial charge in [-0.05, 0) is 61.3 Å². The Hall–Kier alpha value is -9.60. The third-order valence-corrected chi connectivity index (χ3v) is 16.2. The number of nitrogens with two attached hydrogens (primary N) is 4. The van der Waals surface area contributed by atoms with Gasteiger partial charge in [0.2, 0.25) is 76.8 Å². The summed E-state index contributed by atoms with van der Waals surface area (Å²) in [6.45, 7) is 10.7. The summed E-state index contributed by atoms with van der Waals surface area (Å²) in [5.41, 5.74) is 23.9. The van der Waals surface area contributed by atoms with Crippen LogP contribution >= 0.6 is 0 Å². The van der Waals surface area contributed by atoms with Gasteiger partial charge in [-0.15, -0.1) is 0 Å². The molecule has 0 aliphatic heterocycles. The first-order valence-electron chi connectivity index (χ1n) is 33.0. The van der Waals surface area contributed by atoms with Gasteiger partial charge >= 0.3 is 5.97 Å². The molecule has 0 fully saturated rings. The molecule has 0 radical (unpaired) electrons. The maximum Gasteiger partial charge on any atom is 0.326 e. The number of nitrogens with one attached hydrogen (secondary N) is 11. The maximum atomic E-state index is 14.4. The van der Waals surface area contributed by atoms with Crippen molar-refractivity contribution in [2.24, 2.45) is 40.7 Å². The number of benzene rings is 2. The number of aliphatic hydroxyl groups is 3. The van der Waals surface area contributed by atoms with Crippen LogP contribution < -0.4 is 76.1 Å². The zero-order chi connectivity index (χ0) is 74.2. The Morgan fingerprint density at radius 2 is 0.949 bits per heavy atom. The first-order valence-corrected chi connectivity index (χ1v) is 33.0. The van der Waals surface area contributed by atoms with Crippen molar-refractivity contribution in [3.63, 3.8) is 0 Å². The number of fused-ring (bicyclic) bond motifs is 1. The van der Waals surface area contributed by atoms with Crippen LogP contribution in [0.1, 0.15) is 137 Å². The van der Waals surface area contributed by atoms with E-state index in [0.717, 1.165) is 26.2 Å². The molecule has 548 valence electrons. The molecule has 13 amide bonds. The number of aliphatic hydroxyl groups excluding tert-OH is 3. The number of hydrogen-bond acceptors (Lipinski definition) is 18. The van der Waals surface area contributed by atoms with Crippen LogP contribution in [0.25, 0.3) is 10.9 Å². The van der Waals surface area contributed by atoms with Crippen molar-refractivity contribution in [1.82, 2.24) is 58.2 Å². The molecule has 0 aliphatic rings. The fraction of sp³-hybridized carbons (Fsp3) is 0.576. The molecule has 1 aromatic heterocycles. The van der Waals surface area contributed by atoms with E-state index in [1.54, 1.807) is 74.6 Å². The fourth-order valence-electron chi connectivity index (χ4n) is 10.5. The summed E-state index contributed by atoms with van der Waals surface area (Å²) >= 11 is 0. The van der Waals surface area contributed by atoms with Crippen LogP contribution in [0.5, 0.6) is 0 Å². The topological polar surface area (TPSA) is 560 Å². The Morgan fingerprint density at radius 3 is 1.49 bits per heavy atom. The number of aliphatic carboxylic acids is 1. The van der Waals surface area contributed by atoms with E-state index in [-0.39, 0.29) is 25.8 Å². The molecule has 13 atom stereocenters. The number of hydrogen-bond donors (Lipinski definition) is 19. The van der Waals surface area contributed by atoms with E-state index in [2.05, 4.69) is 72.0 Å². The second-order valence-corrected chi connectivity index (χ2v) is 25.5. The smallest absolute Gasteiger partial charge is 0.326 e. The number of carbonyl (C=O) groups excluding carboxylic acids is 13. The number of rotatable bonds is 46. The van der Waals surface area contributed by atoms with E-state index in [0.29, 0.717) is 47.2 Å². The molecule has 1 unspecified atom stereocenters. The third kappa shape index (κ3) is 30.0. The molecule has 0 saturated carbocycles. The molecule has 3 aromatic rings. The average molecular weight is 1390 g/mol. The van der Waals surface area contributed by atoms with E-state index in [9.17, 15) is 87.5 Å². The number of primary amides is 3. The lowest BCUT2D eigenvalue weighted by Crippen LogP contribution is -2.62.